The van der Waals surface area contributed by atoms with Crippen molar-refractivity contribution in [3.63, 3.8) is 0 Å². The first kappa shape index (κ1) is 110. The predicted molar refractivity (Wildman–Crippen MR) is 482 cm³/mol. The predicted octanol–water partition coefficient (Wildman–Crippen LogP) is 27.9. The lowest BCUT2D eigenvalue weighted by Crippen LogP contribution is -2.30. The van der Waals surface area contributed by atoms with Crippen LogP contribution in [0.1, 0.15) is 367 Å². The fourth-order valence-electron chi connectivity index (χ4n) is 12.1. The van der Waals surface area contributed by atoms with Gasteiger partial charge in [-0.25, -0.2) is 9.13 Å². The number of carbonyl (C=O) groups is 3. The Bertz CT molecular complexity index is 2770. The number of rotatable bonds is 85. The number of phosphoric ester groups is 2. The quantitative estimate of drug-likeness (QED) is 0.0146. The SMILES string of the molecule is CC/C=C\C/C=C\C/C=C\C/C=C\C/C=C\CCCCCCCCCCCCCCCC(=O)OCC(COP(=O)(O)OCC(O)COP(=O)(O)OCC(O)COC(=O)CCCCCCCCCCCCCCCCCCC/C=C\C/C=C\C/C=C\C/C=C\CCCCC)OC(=O)CCC/C=C\C/C=C\C/C=C\C/C=C\C/C=C\CC. The van der Waals surface area contributed by atoms with Gasteiger partial charge in [0.1, 0.15) is 25.4 Å². The van der Waals surface area contributed by atoms with Crippen molar-refractivity contribution in [3.05, 3.63) is 170 Å². The van der Waals surface area contributed by atoms with E-state index in [1.807, 2.05) is 12.2 Å². The highest BCUT2D eigenvalue weighted by Gasteiger charge is 2.29. The number of allylic oxidation sites excluding steroid dienone is 28. The zero-order valence-corrected chi connectivity index (χ0v) is 74.2. The summed E-state index contributed by atoms with van der Waals surface area (Å²) >= 11 is 0. The number of hydrogen-bond donors (Lipinski definition) is 4. The fourth-order valence-corrected chi connectivity index (χ4v) is 13.7. The van der Waals surface area contributed by atoms with Crippen molar-refractivity contribution in [1.29, 1.82) is 0 Å². The normalized spacial score (nSPS) is 14.6. The van der Waals surface area contributed by atoms with Crippen molar-refractivity contribution < 1.29 is 75.8 Å². The van der Waals surface area contributed by atoms with E-state index in [0.29, 0.717) is 25.7 Å². The summed E-state index contributed by atoms with van der Waals surface area (Å²) in [5, 5.41) is 20.7. The maximum atomic E-state index is 13.0. The molecule has 0 saturated heterocycles. The molecule has 0 spiro atoms. The van der Waals surface area contributed by atoms with Gasteiger partial charge in [-0.2, -0.15) is 0 Å². The molecule has 4 N–H and O–H groups in total. The van der Waals surface area contributed by atoms with Crippen molar-refractivity contribution in [2.45, 2.75) is 386 Å². The molecule has 658 valence electrons. The zero-order chi connectivity index (χ0) is 83.6. The summed E-state index contributed by atoms with van der Waals surface area (Å²) in [6.45, 7) is 2.39. The Morgan fingerprint density at radius 3 is 0.757 bits per heavy atom. The van der Waals surface area contributed by atoms with Crippen molar-refractivity contribution in [1.82, 2.24) is 0 Å². The first-order chi connectivity index (χ1) is 56.2. The van der Waals surface area contributed by atoms with Gasteiger partial charge in [-0.1, -0.05) is 371 Å². The largest absolute Gasteiger partial charge is 0.472 e. The van der Waals surface area contributed by atoms with E-state index in [2.05, 4.69) is 179 Å². The van der Waals surface area contributed by atoms with E-state index in [0.717, 1.165) is 135 Å². The third-order valence-corrected chi connectivity index (χ3v) is 20.8. The van der Waals surface area contributed by atoms with Crippen LogP contribution in [0.15, 0.2) is 170 Å². The second kappa shape index (κ2) is 88.2. The summed E-state index contributed by atoms with van der Waals surface area (Å²) in [6.07, 6.45) is 114. The summed E-state index contributed by atoms with van der Waals surface area (Å²) in [6, 6.07) is 0. The molecule has 115 heavy (non-hydrogen) atoms. The van der Waals surface area contributed by atoms with Gasteiger partial charge in [0.25, 0.3) is 0 Å². The molecule has 0 aromatic rings. The van der Waals surface area contributed by atoms with Crippen LogP contribution in [0.5, 0.6) is 0 Å². The minimum Gasteiger partial charge on any atom is -0.463 e. The molecular formula is C97H164O16P2. The molecule has 0 saturated carbocycles. The smallest absolute Gasteiger partial charge is 0.463 e. The highest BCUT2D eigenvalue weighted by atomic mass is 31.2. The highest BCUT2D eigenvalue weighted by Crippen LogP contribution is 2.45. The second-order valence-electron chi connectivity index (χ2n) is 30.0. The number of aliphatic hydroxyl groups excluding tert-OH is 2. The molecule has 18 heteroatoms. The number of ether oxygens (including phenoxy) is 3. The van der Waals surface area contributed by atoms with Crippen molar-refractivity contribution in [3.8, 4) is 0 Å². The van der Waals surface area contributed by atoms with E-state index in [9.17, 15) is 43.5 Å². The Labute approximate surface area is 701 Å². The van der Waals surface area contributed by atoms with Gasteiger partial charge in [0, 0.05) is 19.3 Å². The van der Waals surface area contributed by atoms with E-state index < -0.39 is 91.5 Å². The van der Waals surface area contributed by atoms with Gasteiger partial charge in [0.2, 0.25) is 0 Å². The molecule has 0 aliphatic carbocycles. The lowest BCUT2D eigenvalue weighted by molar-refractivity contribution is -0.161. The molecule has 0 bridgehead atoms. The first-order valence-corrected chi connectivity index (χ1v) is 48.4. The summed E-state index contributed by atoms with van der Waals surface area (Å²) in [5.41, 5.74) is 0. The Balaban J connectivity index is 4.52. The molecule has 16 nitrogen and oxygen atoms in total. The van der Waals surface area contributed by atoms with E-state index in [1.165, 1.54) is 167 Å². The number of phosphoric acid groups is 2. The molecule has 0 aromatic carbocycles. The zero-order valence-electron chi connectivity index (χ0n) is 72.4. The van der Waals surface area contributed by atoms with E-state index in [-0.39, 0.29) is 19.3 Å². The third-order valence-electron chi connectivity index (χ3n) is 18.9. The van der Waals surface area contributed by atoms with Crippen molar-refractivity contribution in [2.75, 3.05) is 39.6 Å². The molecule has 0 radical (unpaired) electrons. The van der Waals surface area contributed by atoms with E-state index in [1.54, 1.807) is 0 Å². The topological polar surface area (TPSA) is 231 Å². The molecule has 0 aromatic heterocycles. The summed E-state index contributed by atoms with van der Waals surface area (Å²) < 4.78 is 61.3. The van der Waals surface area contributed by atoms with Gasteiger partial charge in [-0.3, -0.25) is 32.5 Å². The average Bonchev–Trinajstić information content (AvgIpc) is 0.897. The lowest BCUT2D eigenvalue weighted by atomic mass is 10.0. The van der Waals surface area contributed by atoms with Crippen LogP contribution in [0.25, 0.3) is 0 Å². The Kier molecular flexibility index (Phi) is 84.3. The van der Waals surface area contributed by atoms with Gasteiger partial charge in [0.05, 0.1) is 26.4 Å². The maximum absolute atomic E-state index is 13.0. The van der Waals surface area contributed by atoms with Crippen LogP contribution in [0.3, 0.4) is 0 Å². The molecule has 0 aliphatic heterocycles. The van der Waals surface area contributed by atoms with Gasteiger partial charge in [-0.15, -0.1) is 0 Å². The molecular weight excluding hydrogens is 1480 g/mol. The second-order valence-corrected chi connectivity index (χ2v) is 32.9. The first-order valence-electron chi connectivity index (χ1n) is 45.4. The molecule has 0 heterocycles. The minimum atomic E-state index is -4.96. The van der Waals surface area contributed by atoms with Gasteiger partial charge in [0.15, 0.2) is 6.10 Å². The standard InChI is InChI=1S/C97H164O16P2/c1-4-7-10-13-16-19-22-25-28-31-33-35-37-39-41-43-44-45-46-48-50-51-53-55-57-60-62-65-68-71-74-77-80-83-95(100)107-86-92(98)87-109-114(103,104)110-88-93(99)89-111-115(105,106)112-91-94(113-97(102)85-82-79-76-73-70-67-64-59-30-27-24-21-18-15-12-9-6-3)90-108-96(101)84-81-78-75-72-69-66-63-61-58-56-54-52-49-47-42-40-38-36-34-32-29-26-23-20-17-14-11-8-5-2/h8-9,11-12,16-21,25-30,33-36,39-42,64,67,73,76,92-94,98-99H,4-7,10,13-15,22-24,31-32,37-38,43-63,65-66,68-72,74-75,77-91H2,1-3H3,(H,103,104)(H,105,106)/b11-8-,12-9-,19-16-,20-17-,21-18-,28-25-,29-26-,30-27-,35-33-,36-34-,41-39-,42-40-,67-64-,76-73-. The molecule has 0 aliphatic rings. The molecule has 0 amide bonds. The number of esters is 3. The molecule has 0 fully saturated rings. The molecule has 5 unspecified atom stereocenters. The van der Waals surface area contributed by atoms with Crippen LogP contribution < -0.4 is 0 Å². The van der Waals surface area contributed by atoms with Gasteiger partial charge >= 0.3 is 33.6 Å². The summed E-state index contributed by atoms with van der Waals surface area (Å²) in [5.74, 6) is -1.64. The van der Waals surface area contributed by atoms with Crippen LogP contribution in [0, 0.1) is 0 Å². The molecule has 0 rings (SSSR count). The van der Waals surface area contributed by atoms with E-state index >= 15 is 0 Å². The van der Waals surface area contributed by atoms with Crippen LogP contribution in [0.4, 0.5) is 0 Å². The monoisotopic (exact) mass is 1650 g/mol. The van der Waals surface area contributed by atoms with Crippen LogP contribution in [-0.4, -0.2) is 95.9 Å². The Morgan fingerprint density at radius 1 is 0.252 bits per heavy atom. The van der Waals surface area contributed by atoms with Crippen LogP contribution in [0.2, 0.25) is 0 Å². The average molecular weight is 1650 g/mol. The number of hydrogen-bond acceptors (Lipinski definition) is 14. The number of carbonyl (C=O) groups excluding carboxylic acids is 3. The Morgan fingerprint density at radius 2 is 0.470 bits per heavy atom. The summed E-state index contributed by atoms with van der Waals surface area (Å²) in [4.78, 5) is 58.9. The number of unbranched alkanes of at least 4 members (excludes halogenated alkanes) is 34. The molecule has 5 atom stereocenters. The highest BCUT2D eigenvalue weighted by molar-refractivity contribution is 7.47. The van der Waals surface area contributed by atoms with Gasteiger partial charge in [-0.05, 0) is 148 Å². The van der Waals surface area contributed by atoms with Crippen molar-refractivity contribution >= 4 is 33.6 Å². The lowest BCUT2D eigenvalue weighted by Gasteiger charge is -2.21. The van der Waals surface area contributed by atoms with Crippen LogP contribution in [-0.2, 0) is 55.8 Å². The van der Waals surface area contributed by atoms with E-state index in [4.69, 9.17) is 32.3 Å². The summed E-state index contributed by atoms with van der Waals surface area (Å²) in [7, 11) is -9.83. The maximum Gasteiger partial charge on any atom is 0.472 e. The third kappa shape index (κ3) is 89.5. The number of aliphatic hydroxyl groups is 2. The fraction of sp³-hybridized carbons (Fsp3) is 0.680. The van der Waals surface area contributed by atoms with Crippen molar-refractivity contribution in [2.24, 2.45) is 0 Å². The minimum absolute atomic E-state index is 0.0221. The Hall–Kier alpha value is -5.09. The van der Waals surface area contributed by atoms with Crippen LogP contribution >= 0.6 is 15.6 Å². The van der Waals surface area contributed by atoms with Gasteiger partial charge < -0.3 is 34.2 Å².